The minimum absolute atomic E-state index is 0.330. The van der Waals surface area contributed by atoms with Crippen molar-refractivity contribution in [1.29, 1.82) is 0 Å². The van der Waals surface area contributed by atoms with E-state index in [0.29, 0.717) is 0 Å². The highest BCUT2D eigenvalue weighted by molar-refractivity contribution is 5.92. The monoisotopic (exact) mass is 303 g/mol. The van der Waals surface area contributed by atoms with Crippen LogP contribution < -0.4 is 16.4 Å². The molecule has 0 aromatic rings. The number of carboxylic acid groups (broad SMARTS) is 2. The lowest BCUT2D eigenvalue weighted by Crippen LogP contribution is -2.54. The van der Waals surface area contributed by atoms with Gasteiger partial charge in [0.05, 0.1) is 12.5 Å². The van der Waals surface area contributed by atoms with Crippen molar-refractivity contribution in [1.82, 2.24) is 10.6 Å². The molecule has 0 saturated heterocycles. The van der Waals surface area contributed by atoms with E-state index < -0.39 is 48.3 Å². The minimum Gasteiger partial charge on any atom is -0.481 e. The topological polar surface area (TPSA) is 159 Å². The van der Waals surface area contributed by atoms with E-state index in [-0.39, 0.29) is 5.92 Å². The van der Waals surface area contributed by atoms with Crippen LogP contribution in [0.4, 0.5) is 0 Å². The fourth-order valence-corrected chi connectivity index (χ4v) is 1.46. The van der Waals surface area contributed by atoms with Gasteiger partial charge < -0.3 is 26.6 Å². The number of hydrogen-bond acceptors (Lipinski definition) is 5. The number of nitrogens with one attached hydrogen (secondary N) is 2. The number of carbonyl (C=O) groups is 4. The van der Waals surface area contributed by atoms with Crippen LogP contribution in [0.1, 0.15) is 27.2 Å². The minimum atomic E-state index is -1.28. The van der Waals surface area contributed by atoms with Crippen molar-refractivity contribution in [2.24, 2.45) is 11.7 Å². The maximum absolute atomic E-state index is 11.8. The van der Waals surface area contributed by atoms with Crippen LogP contribution in [0.5, 0.6) is 0 Å². The van der Waals surface area contributed by atoms with Crippen LogP contribution in [-0.4, -0.2) is 52.1 Å². The molecule has 21 heavy (non-hydrogen) atoms. The Balaban J connectivity index is 4.54. The number of carbonyl (C=O) groups excluding carboxylic acids is 2. The molecule has 0 aliphatic heterocycles. The fraction of sp³-hybridized carbons (Fsp3) is 0.667. The normalized spacial score (nSPS) is 14.9. The molecule has 9 heteroatoms. The summed E-state index contributed by atoms with van der Waals surface area (Å²) in [7, 11) is 0. The molecule has 120 valence electrons. The van der Waals surface area contributed by atoms with Crippen molar-refractivity contribution in [3.05, 3.63) is 0 Å². The lowest BCUT2D eigenvalue weighted by molar-refractivity contribution is -0.143. The van der Waals surface area contributed by atoms with E-state index in [4.69, 9.17) is 15.9 Å². The molecule has 0 bridgehead atoms. The van der Waals surface area contributed by atoms with Crippen LogP contribution in [-0.2, 0) is 19.2 Å². The van der Waals surface area contributed by atoms with Gasteiger partial charge in [0.15, 0.2) is 0 Å². The zero-order chi connectivity index (χ0) is 16.7. The fourth-order valence-electron chi connectivity index (χ4n) is 1.46. The highest BCUT2D eigenvalue weighted by Crippen LogP contribution is 2.02. The lowest BCUT2D eigenvalue weighted by atomic mass is 10.0. The summed E-state index contributed by atoms with van der Waals surface area (Å²) in [5.41, 5.74) is 5.35. The molecule has 0 aliphatic carbocycles. The van der Waals surface area contributed by atoms with Crippen molar-refractivity contribution in [2.45, 2.75) is 45.3 Å². The quantitative estimate of drug-likeness (QED) is 0.365. The van der Waals surface area contributed by atoms with Gasteiger partial charge in [-0.15, -0.1) is 0 Å². The molecule has 0 aromatic carbocycles. The molecular weight excluding hydrogens is 282 g/mol. The highest BCUT2D eigenvalue weighted by Gasteiger charge is 2.27. The summed E-state index contributed by atoms with van der Waals surface area (Å²) in [6, 6.07) is -3.39. The Labute approximate surface area is 121 Å². The molecule has 0 spiro atoms. The number of rotatable bonds is 8. The summed E-state index contributed by atoms with van der Waals surface area (Å²) in [5, 5.41) is 22.0. The van der Waals surface area contributed by atoms with Crippen LogP contribution in [0.25, 0.3) is 0 Å². The number of aliphatic carboxylic acids is 2. The van der Waals surface area contributed by atoms with Gasteiger partial charge in [0, 0.05) is 0 Å². The molecule has 0 saturated carbocycles. The van der Waals surface area contributed by atoms with E-state index in [1.54, 1.807) is 13.8 Å². The van der Waals surface area contributed by atoms with Crippen molar-refractivity contribution < 1.29 is 29.4 Å². The smallest absolute Gasteiger partial charge is 0.326 e. The average Bonchev–Trinajstić information content (AvgIpc) is 2.33. The Morgan fingerprint density at radius 1 is 1.00 bits per heavy atom. The van der Waals surface area contributed by atoms with E-state index in [0.717, 1.165) is 0 Å². The molecule has 0 fully saturated rings. The van der Waals surface area contributed by atoms with Crippen molar-refractivity contribution in [3.63, 3.8) is 0 Å². The second kappa shape index (κ2) is 8.20. The Hall–Kier alpha value is -2.16. The van der Waals surface area contributed by atoms with Gasteiger partial charge in [-0.3, -0.25) is 14.4 Å². The van der Waals surface area contributed by atoms with Gasteiger partial charge in [-0.05, 0) is 12.8 Å². The van der Waals surface area contributed by atoms with Crippen LogP contribution in [0.2, 0.25) is 0 Å². The molecule has 3 unspecified atom stereocenters. The summed E-state index contributed by atoms with van der Waals surface area (Å²) < 4.78 is 0. The molecule has 3 atom stereocenters. The molecule has 0 radical (unpaired) electrons. The van der Waals surface area contributed by atoms with Gasteiger partial charge in [-0.25, -0.2) is 4.79 Å². The summed E-state index contributed by atoms with van der Waals surface area (Å²) in [4.78, 5) is 44.7. The Kier molecular flexibility index (Phi) is 7.36. The molecule has 0 aliphatic rings. The summed E-state index contributed by atoms with van der Waals surface area (Å²) in [6.45, 7) is 4.61. The van der Waals surface area contributed by atoms with Crippen molar-refractivity contribution in [2.75, 3.05) is 0 Å². The first-order valence-electron chi connectivity index (χ1n) is 6.37. The first-order chi connectivity index (χ1) is 9.56. The molecule has 9 nitrogen and oxygen atoms in total. The third kappa shape index (κ3) is 6.70. The predicted molar refractivity (Wildman–Crippen MR) is 72.2 cm³/mol. The maximum Gasteiger partial charge on any atom is 0.326 e. The molecule has 0 aromatic heterocycles. The standard InChI is InChI=1S/C12H21N3O6/c1-5(2)9(12(20)21)15-10(18)6(3)14-11(19)7(13)4-8(16)17/h5-7,9H,4,13H2,1-3H3,(H,14,19)(H,15,18)(H,16,17)(H,20,21). The first-order valence-corrected chi connectivity index (χ1v) is 6.37. The van der Waals surface area contributed by atoms with Crippen molar-refractivity contribution in [3.8, 4) is 0 Å². The van der Waals surface area contributed by atoms with Crippen molar-refractivity contribution >= 4 is 23.8 Å². The summed E-state index contributed by atoms with van der Waals surface area (Å²) in [6.07, 6.45) is -0.566. The number of hydrogen-bond donors (Lipinski definition) is 5. The zero-order valence-electron chi connectivity index (χ0n) is 12.1. The Bertz CT molecular complexity index is 423. The van der Waals surface area contributed by atoms with Gasteiger partial charge in [0.25, 0.3) is 0 Å². The number of nitrogens with two attached hydrogens (primary N) is 1. The van der Waals surface area contributed by atoms with Gasteiger partial charge in [-0.2, -0.15) is 0 Å². The Morgan fingerprint density at radius 2 is 1.52 bits per heavy atom. The van der Waals surface area contributed by atoms with Gasteiger partial charge in [0.2, 0.25) is 11.8 Å². The number of carboxylic acids is 2. The summed E-state index contributed by atoms with van der Waals surface area (Å²) in [5.74, 6) is -4.23. The van der Waals surface area contributed by atoms with E-state index >= 15 is 0 Å². The Morgan fingerprint density at radius 3 is 1.90 bits per heavy atom. The second-order valence-corrected chi connectivity index (χ2v) is 5.00. The molecule has 2 amide bonds. The third-order valence-electron chi connectivity index (χ3n) is 2.71. The molecular formula is C12H21N3O6. The van der Waals surface area contributed by atoms with E-state index in [2.05, 4.69) is 10.6 Å². The maximum atomic E-state index is 11.8. The molecule has 6 N–H and O–H groups in total. The zero-order valence-corrected chi connectivity index (χ0v) is 12.1. The first kappa shape index (κ1) is 18.8. The largest absolute Gasteiger partial charge is 0.481 e. The highest BCUT2D eigenvalue weighted by atomic mass is 16.4. The lowest BCUT2D eigenvalue weighted by Gasteiger charge is -2.21. The molecule has 0 rings (SSSR count). The van der Waals surface area contributed by atoms with Crippen LogP contribution >= 0.6 is 0 Å². The summed E-state index contributed by atoms with van der Waals surface area (Å²) >= 11 is 0. The predicted octanol–water partition coefficient (Wildman–Crippen LogP) is -1.48. The van der Waals surface area contributed by atoms with E-state index in [1.807, 2.05) is 0 Å². The SMILES string of the molecule is CC(NC(=O)C(N)CC(=O)O)C(=O)NC(C(=O)O)C(C)C. The van der Waals surface area contributed by atoms with Gasteiger partial charge in [-0.1, -0.05) is 13.8 Å². The van der Waals surface area contributed by atoms with E-state index in [9.17, 15) is 19.2 Å². The van der Waals surface area contributed by atoms with Crippen LogP contribution in [0.3, 0.4) is 0 Å². The third-order valence-corrected chi connectivity index (χ3v) is 2.71. The van der Waals surface area contributed by atoms with Crippen LogP contribution in [0.15, 0.2) is 0 Å². The van der Waals surface area contributed by atoms with Crippen LogP contribution in [0, 0.1) is 5.92 Å². The van der Waals surface area contributed by atoms with Gasteiger partial charge >= 0.3 is 11.9 Å². The van der Waals surface area contributed by atoms with E-state index in [1.165, 1.54) is 6.92 Å². The average molecular weight is 303 g/mol. The number of amides is 2. The second-order valence-electron chi connectivity index (χ2n) is 5.00. The molecule has 0 heterocycles. The van der Waals surface area contributed by atoms with Gasteiger partial charge in [0.1, 0.15) is 12.1 Å².